The van der Waals surface area contributed by atoms with Gasteiger partial charge >= 0.3 is 0 Å². The Hall–Kier alpha value is -0.830. The molecule has 0 spiro atoms. The molecule has 0 N–H and O–H groups in total. The molecule has 3 heteroatoms. The monoisotopic (exact) mass is 323 g/mol. The minimum absolute atomic E-state index is 0.112. The van der Waals surface area contributed by atoms with Crippen LogP contribution in [0, 0.1) is 5.92 Å². The van der Waals surface area contributed by atoms with Crippen LogP contribution in [-0.4, -0.2) is 18.9 Å². The molecule has 104 valence electrons. The van der Waals surface area contributed by atoms with E-state index in [1.165, 1.54) is 31.4 Å². The van der Waals surface area contributed by atoms with Gasteiger partial charge in [-0.05, 0) is 59.8 Å². The topological polar surface area (TPSA) is 20.3 Å². The Morgan fingerprint density at radius 3 is 2.68 bits per heavy atom. The summed E-state index contributed by atoms with van der Waals surface area (Å²) < 4.78 is 1.01. The van der Waals surface area contributed by atoms with Crippen LogP contribution in [0.15, 0.2) is 22.7 Å². The number of anilines is 1. The lowest BCUT2D eigenvalue weighted by atomic mass is 9.86. The minimum Gasteiger partial charge on any atom is -0.371 e. The van der Waals surface area contributed by atoms with E-state index in [0.29, 0.717) is 6.04 Å². The molecule has 0 amide bonds. The molecule has 0 aliphatic heterocycles. The Bertz CT molecular complexity index is 472. The lowest BCUT2D eigenvalue weighted by molar-refractivity contribution is 0.101. The summed E-state index contributed by atoms with van der Waals surface area (Å²) >= 11 is 3.60. The molecule has 1 fully saturated rings. The van der Waals surface area contributed by atoms with Gasteiger partial charge in [-0.3, -0.25) is 4.79 Å². The molecular formula is C16H22BrNO. The highest BCUT2D eigenvalue weighted by Crippen LogP contribution is 2.33. The van der Waals surface area contributed by atoms with Gasteiger partial charge in [-0.25, -0.2) is 0 Å². The van der Waals surface area contributed by atoms with Gasteiger partial charge in [-0.15, -0.1) is 0 Å². The molecule has 0 bridgehead atoms. The van der Waals surface area contributed by atoms with E-state index in [1.807, 2.05) is 12.1 Å². The van der Waals surface area contributed by atoms with Gasteiger partial charge in [0.2, 0.25) is 0 Å². The summed E-state index contributed by atoms with van der Waals surface area (Å²) in [5, 5.41) is 0. The SMILES string of the molecule is CC(=O)c1ccc(N(C)C2CCCC(C)C2)c(Br)c1. The summed E-state index contributed by atoms with van der Waals surface area (Å²) in [6, 6.07) is 6.52. The van der Waals surface area contributed by atoms with Crippen LogP contribution in [0.4, 0.5) is 5.69 Å². The predicted octanol–water partition coefficient (Wildman–Crippen LogP) is 4.67. The van der Waals surface area contributed by atoms with Gasteiger partial charge in [-0.1, -0.05) is 19.8 Å². The molecule has 0 radical (unpaired) electrons. The third kappa shape index (κ3) is 3.38. The van der Waals surface area contributed by atoms with Crippen molar-refractivity contribution in [2.75, 3.05) is 11.9 Å². The van der Waals surface area contributed by atoms with Crippen LogP contribution in [0.1, 0.15) is 49.9 Å². The molecule has 1 saturated carbocycles. The van der Waals surface area contributed by atoms with E-state index in [9.17, 15) is 4.79 Å². The van der Waals surface area contributed by atoms with Crippen molar-refractivity contribution in [1.29, 1.82) is 0 Å². The average Bonchev–Trinajstić information content (AvgIpc) is 2.37. The first-order valence-corrected chi connectivity index (χ1v) is 7.81. The van der Waals surface area contributed by atoms with Crippen LogP contribution in [0.5, 0.6) is 0 Å². The van der Waals surface area contributed by atoms with Crippen molar-refractivity contribution in [3.63, 3.8) is 0 Å². The van der Waals surface area contributed by atoms with Crippen molar-refractivity contribution in [2.45, 2.75) is 45.6 Å². The van der Waals surface area contributed by atoms with Crippen LogP contribution in [0.25, 0.3) is 0 Å². The van der Waals surface area contributed by atoms with Crippen molar-refractivity contribution in [3.8, 4) is 0 Å². The second-order valence-corrected chi connectivity index (χ2v) is 6.61. The van der Waals surface area contributed by atoms with Crippen LogP contribution in [0.3, 0.4) is 0 Å². The van der Waals surface area contributed by atoms with Crippen LogP contribution >= 0.6 is 15.9 Å². The van der Waals surface area contributed by atoms with E-state index in [4.69, 9.17) is 0 Å². The van der Waals surface area contributed by atoms with Crippen molar-refractivity contribution in [2.24, 2.45) is 5.92 Å². The maximum atomic E-state index is 11.4. The summed E-state index contributed by atoms with van der Waals surface area (Å²) in [6.45, 7) is 3.95. The molecule has 1 aromatic rings. The normalized spacial score (nSPS) is 23.2. The highest BCUT2D eigenvalue weighted by atomic mass is 79.9. The van der Waals surface area contributed by atoms with Gasteiger partial charge < -0.3 is 4.90 Å². The van der Waals surface area contributed by atoms with Crippen molar-refractivity contribution in [3.05, 3.63) is 28.2 Å². The molecule has 1 aliphatic rings. The van der Waals surface area contributed by atoms with Crippen LogP contribution < -0.4 is 4.90 Å². The number of carbonyl (C=O) groups excluding carboxylic acids is 1. The van der Waals surface area contributed by atoms with Gasteiger partial charge in [0, 0.05) is 23.1 Å². The summed E-state index contributed by atoms with van der Waals surface area (Å²) in [5.41, 5.74) is 1.95. The Morgan fingerprint density at radius 2 is 2.11 bits per heavy atom. The number of rotatable bonds is 3. The highest BCUT2D eigenvalue weighted by molar-refractivity contribution is 9.10. The molecule has 0 saturated heterocycles. The van der Waals surface area contributed by atoms with Crippen LogP contribution in [-0.2, 0) is 0 Å². The fraction of sp³-hybridized carbons (Fsp3) is 0.562. The molecule has 0 heterocycles. The van der Waals surface area contributed by atoms with E-state index in [0.717, 1.165) is 16.0 Å². The Balaban J connectivity index is 2.19. The zero-order valence-corrected chi connectivity index (χ0v) is 13.5. The fourth-order valence-corrected chi connectivity index (χ4v) is 3.62. The lowest BCUT2D eigenvalue weighted by Gasteiger charge is -2.36. The van der Waals surface area contributed by atoms with Crippen LogP contribution in [0.2, 0.25) is 0 Å². The largest absolute Gasteiger partial charge is 0.371 e. The fourth-order valence-electron chi connectivity index (χ4n) is 2.96. The first-order valence-electron chi connectivity index (χ1n) is 7.02. The first kappa shape index (κ1) is 14.6. The Kier molecular flexibility index (Phi) is 4.67. The third-order valence-corrected chi connectivity index (χ3v) is 4.83. The molecule has 2 nitrogen and oxygen atoms in total. The number of halogens is 1. The summed E-state index contributed by atoms with van der Waals surface area (Å²) in [7, 11) is 2.16. The third-order valence-electron chi connectivity index (χ3n) is 4.19. The van der Waals surface area contributed by atoms with E-state index >= 15 is 0 Å². The zero-order chi connectivity index (χ0) is 14.0. The van der Waals surface area contributed by atoms with E-state index in [2.05, 4.69) is 40.9 Å². The Labute approximate surface area is 124 Å². The number of carbonyl (C=O) groups is 1. The standard InChI is InChI=1S/C16H22BrNO/c1-11-5-4-6-14(9-11)18(3)16-8-7-13(12(2)19)10-15(16)17/h7-8,10-11,14H,4-6,9H2,1-3H3. The number of hydrogen-bond donors (Lipinski definition) is 0. The van der Waals surface area contributed by atoms with Gasteiger partial charge in [-0.2, -0.15) is 0 Å². The maximum absolute atomic E-state index is 11.4. The molecule has 2 rings (SSSR count). The van der Waals surface area contributed by atoms with Gasteiger partial charge in [0.05, 0.1) is 5.69 Å². The average molecular weight is 324 g/mol. The van der Waals surface area contributed by atoms with Crippen molar-refractivity contribution < 1.29 is 4.79 Å². The molecule has 1 aliphatic carbocycles. The van der Waals surface area contributed by atoms with E-state index < -0.39 is 0 Å². The second kappa shape index (κ2) is 6.08. The van der Waals surface area contributed by atoms with E-state index in [1.54, 1.807) is 6.92 Å². The summed E-state index contributed by atoms with van der Waals surface area (Å²) in [4.78, 5) is 13.8. The molecule has 2 atom stereocenters. The van der Waals surface area contributed by atoms with Gasteiger partial charge in [0.25, 0.3) is 0 Å². The summed E-state index contributed by atoms with van der Waals surface area (Å²) in [5.74, 6) is 0.928. The van der Waals surface area contributed by atoms with Crippen molar-refractivity contribution >= 4 is 27.4 Å². The van der Waals surface area contributed by atoms with E-state index in [-0.39, 0.29) is 5.78 Å². The molecule has 19 heavy (non-hydrogen) atoms. The van der Waals surface area contributed by atoms with Crippen molar-refractivity contribution in [1.82, 2.24) is 0 Å². The lowest BCUT2D eigenvalue weighted by Crippen LogP contribution is -2.35. The maximum Gasteiger partial charge on any atom is 0.159 e. The number of benzene rings is 1. The highest BCUT2D eigenvalue weighted by Gasteiger charge is 2.23. The number of Topliss-reactive ketones (excluding diaryl/α,β-unsaturated/α-hetero) is 1. The number of ketones is 1. The smallest absolute Gasteiger partial charge is 0.159 e. The van der Waals surface area contributed by atoms with Gasteiger partial charge in [0.1, 0.15) is 0 Å². The first-order chi connectivity index (χ1) is 8.99. The minimum atomic E-state index is 0.112. The quantitative estimate of drug-likeness (QED) is 0.753. The zero-order valence-electron chi connectivity index (χ0n) is 11.9. The molecule has 1 aromatic carbocycles. The molecule has 2 unspecified atom stereocenters. The predicted molar refractivity (Wildman–Crippen MR) is 84.0 cm³/mol. The second-order valence-electron chi connectivity index (χ2n) is 5.76. The number of nitrogens with zero attached hydrogens (tertiary/aromatic N) is 1. The summed E-state index contributed by atoms with van der Waals surface area (Å²) in [6.07, 6.45) is 5.20. The number of hydrogen-bond acceptors (Lipinski definition) is 2. The Morgan fingerprint density at radius 1 is 1.37 bits per heavy atom. The van der Waals surface area contributed by atoms with Gasteiger partial charge in [0.15, 0.2) is 5.78 Å². The molecular weight excluding hydrogens is 302 g/mol. The molecule has 0 aromatic heterocycles.